The maximum absolute atomic E-state index is 12.4. The average Bonchev–Trinajstić information content (AvgIpc) is 0.630. The van der Waals surface area contributed by atoms with Gasteiger partial charge in [-0.2, -0.15) is 0 Å². The number of carbonyl (C=O) groups excluding carboxylic acids is 6. The second-order valence-corrected chi connectivity index (χ2v) is 31.5. The highest BCUT2D eigenvalue weighted by molar-refractivity contribution is 5.87. The number of hydrogen-bond acceptors (Lipinski definition) is 14. The molecule has 16 rings (SSSR count). The molecule has 16 aliphatic carbocycles. The van der Waals surface area contributed by atoms with E-state index in [0.29, 0.717) is 46.1 Å². The summed E-state index contributed by atoms with van der Waals surface area (Å²) in [7, 11) is 0. The fourth-order valence-electron chi connectivity index (χ4n) is 19.3. The lowest BCUT2D eigenvalue weighted by molar-refractivity contribution is -0.221. The summed E-state index contributed by atoms with van der Waals surface area (Å²) in [6.45, 7) is 40.7. The van der Waals surface area contributed by atoms with Crippen LogP contribution < -0.4 is 0 Å². The molecule has 0 spiro atoms. The molecule has 100 heavy (non-hydrogen) atoms. The van der Waals surface area contributed by atoms with Gasteiger partial charge in [0.25, 0.3) is 0 Å². The zero-order valence-electron chi connectivity index (χ0n) is 62.1. The smallest absolute Gasteiger partial charge is 0.313 e. The van der Waals surface area contributed by atoms with E-state index in [1.807, 2.05) is 125 Å². The summed E-state index contributed by atoms with van der Waals surface area (Å²) in [5.41, 5.74) is -0.0689. The number of ether oxygens (including phenoxy) is 8. The molecule has 16 aliphatic rings. The minimum atomic E-state index is -0.575. The van der Waals surface area contributed by atoms with Crippen LogP contribution in [-0.2, 0) is 66.7 Å². The summed E-state index contributed by atoms with van der Waals surface area (Å²) in [5, 5.41) is 0. The minimum Gasteiger partial charge on any atom is -0.438 e. The largest absolute Gasteiger partial charge is 0.438 e. The molecule has 0 radical (unpaired) electrons. The van der Waals surface area contributed by atoms with Gasteiger partial charge in [0.05, 0.1) is 48.1 Å². The quantitative estimate of drug-likeness (QED) is 0.0433. The van der Waals surface area contributed by atoms with Crippen LogP contribution in [0.5, 0.6) is 0 Å². The monoisotopic (exact) mass is 1430 g/mol. The van der Waals surface area contributed by atoms with Gasteiger partial charge in [-0.05, 0) is 266 Å². The fourth-order valence-corrected chi connectivity index (χ4v) is 19.3. The molecule has 0 aromatic heterocycles. The first kappa shape index (κ1) is 103. The number of Topliss-reactive ketones (excluding diaryl/α,β-unsaturated/α-hetero) is 2. The van der Waals surface area contributed by atoms with Crippen LogP contribution in [0, 0.1) is 116 Å². The zero-order chi connectivity index (χ0) is 68.5. The van der Waals surface area contributed by atoms with Crippen molar-refractivity contribution in [3.05, 3.63) is 0 Å². The lowest BCUT2D eigenvalue weighted by atomic mass is 9.50. The molecule has 0 heterocycles. The first-order valence-electron chi connectivity index (χ1n) is 38.1. The topological polar surface area (TPSA) is 176 Å². The Morgan fingerprint density at radius 1 is 0.400 bits per heavy atom. The Labute approximate surface area is 619 Å². The van der Waals surface area contributed by atoms with Crippen LogP contribution in [0.25, 0.3) is 0 Å². The predicted molar refractivity (Wildman–Crippen MR) is 417 cm³/mol. The maximum atomic E-state index is 12.4. The van der Waals surface area contributed by atoms with Gasteiger partial charge in [-0.1, -0.05) is 156 Å². The highest BCUT2D eigenvalue weighted by Crippen LogP contribution is 2.62. The first-order chi connectivity index (χ1) is 43.8. The third-order valence-electron chi connectivity index (χ3n) is 24.0. The van der Waals surface area contributed by atoms with Gasteiger partial charge in [-0.3, -0.25) is 28.8 Å². The molecule has 0 aliphatic heterocycles. The second-order valence-electron chi connectivity index (χ2n) is 31.5. The second kappa shape index (κ2) is 47.6. The van der Waals surface area contributed by atoms with Crippen molar-refractivity contribution in [2.75, 3.05) is 26.8 Å². The van der Waals surface area contributed by atoms with E-state index in [1.54, 1.807) is 13.8 Å². The van der Waals surface area contributed by atoms with Crippen LogP contribution in [-0.4, -0.2) is 87.0 Å². The Hall–Kier alpha value is -2.94. The van der Waals surface area contributed by atoms with E-state index in [0.717, 1.165) is 113 Å². The molecule has 0 saturated heterocycles. The molecule has 0 N–H and O–H groups in total. The molecule has 0 aromatic rings. The summed E-state index contributed by atoms with van der Waals surface area (Å²) < 4.78 is 44.9. The van der Waals surface area contributed by atoms with Crippen LogP contribution in [0.1, 0.15) is 352 Å². The SMILES string of the molecule is C.C.C.C.C.C.C.C.CC.CC.CC.CC.CCC(C)(C)C(=O)OC(C)OC1C2CC3CC(C2)C(=O)C1C3.CCC(C)(C)C(=O)OCOCC12CC3CC(CC(C3)C1)C2.CCC(C)C(=O)OC(C)OC1C2CC3CC(C2)C(=O)C1C3.CCC(C)C(=O)OCOCC12CC3CC(CC(C3)C1)C2. The molecular formula is C86H168O14. The van der Waals surface area contributed by atoms with Gasteiger partial charge >= 0.3 is 23.9 Å². The van der Waals surface area contributed by atoms with Gasteiger partial charge in [0.1, 0.15) is 11.6 Å². The van der Waals surface area contributed by atoms with Gasteiger partial charge < -0.3 is 37.9 Å². The van der Waals surface area contributed by atoms with E-state index in [-0.39, 0.29) is 145 Å². The van der Waals surface area contributed by atoms with Gasteiger partial charge in [0.2, 0.25) is 0 Å². The van der Waals surface area contributed by atoms with Crippen LogP contribution in [0.3, 0.4) is 0 Å². The van der Waals surface area contributed by atoms with E-state index in [4.69, 9.17) is 37.9 Å². The normalized spacial score (nSPS) is 33.0. The molecule has 14 nitrogen and oxygen atoms in total. The van der Waals surface area contributed by atoms with Crippen LogP contribution in [0.2, 0.25) is 0 Å². The molecule has 16 fully saturated rings. The minimum absolute atomic E-state index is 0. The Bertz CT molecular complexity index is 2220. The maximum Gasteiger partial charge on any atom is 0.313 e. The van der Waals surface area contributed by atoms with Gasteiger partial charge in [-0.15, -0.1) is 0 Å². The lowest BCUT2D eigenvalue weighted by Crippen LogP contribution is -2.55. The number of rotatable bonds is 22. The van der Waals surface area contributed by atoms with Crippen molar-refractivity contribution in [3.8, 4) is 0 Å². The summed E-state index contributed by atoms with van der Waals surface area (Å²) in [6, 6.07) is 0. The van der Waals surface area contributed by atoms with Gasteiger partial charge in [0, 0.05) is 23.7 Å². The Morgan fingerprint density at radius 3 is 1.04 bits per heavy atom. The number of esters is 4. The number of ketones is 2. The fraction of sp³-hybridized carbons (Fsp3) is 0.930. The van der Waals surface area contributed by atoms with E-state index < -0.39 is 23.4 Å². The average molecular weight is 1430 g/mol. The third kappa shape index (κ3) is 26.8. The van der Waals surface area contributed by atoms with E-state index in [2.05, 4.69) is 0 Å². The summed E-state index contributed by atoms with van der Waals surface area (Å²) in [4.78, 5) is 72.2. The Balaban J connectivity index is -0.000000579. The van der Waals surface area contributed by atoms with Crippen molar-refractivity contribution in [3.63, 3.8) is 0 Å². The molecular weight excluding hydrogens is 1260 g/mol. The first-order valence-corrected chi connectivity index (χ1v) is 38.1. The van der Waals surface area contributed by atoms with Crippen LogP contribution >= 0.6 is 0 Å². The molecule has 0 aromatic carbocycles. The van der Waals surface area contributed by atoms with Crippen molar-refractivity contribution in [2.24, 2.45) is 116 Å². The molecule has 14 heteroatoms. The third-order valence-corrected chi connectivity index (χ3v) is 24.0. The van der Waals surface area contributed by atoms with Crippen molar-refractivity contribution in [1.29, 1.82) is 0 Å². The predicted octanol–water partition coefficient (Wildman–Crippen LogP) is 23.4. The van der Waals surface area contributed by atoms with Crippen molar-refractivity contribution in [1.82, 2.24) is 0 Å². The Kier molecular flexibility index (Phi) is 49.2. The van der Waals surface area contributed by atoms with E-state index >= 15 is 0 Å². The summed E-state index contributed by atoms with van der Waals surface area (Å²) in [5.74, 6) is 8.69. The standard InChI is InChI=1S/C18H28O4.C18H30O3.C17H26O4.C17H28O3.4C2H6.8CH4/c1-5-18(3,4)17(20)22-10(2)21-16-13-7-11-6-12(9-13)15(19)14(16)8-11;1-4-17(2,3)16(19)21-12-20-11-18-8-13-5-14(9-18)7-15(6-13)10-18;1-4-9(2)17(19)21-10(3)20-16-13-6-11-5-12(8-13)15(18)14(16)7-11;1-3-12(2)16(18)20-11-19-10-17-7-13-4-14(8-17)6-15(5-13)9-17;4*1-2;;;;;;;;/h10-14,16H,5-9H2,1-4H3;13-15H,4-12H2,1-3H3;9-14,16H,4-8H2,1-3H3;12-15H,3-11H2,1-2H3;4*1-2H3;8*1H4. The van der Waals surface area contributed by atoms with Crippen LogP contribution in [0.4, 0.5) is 0 Å². The molecule has 14 atom stereocenters. The summed E-state index contributed by atoms with van der Waals surface area (Å²) >= 11 is 0. The van der Waals surface area contributed by atoms with Gasteiger partial charge in [0.15, 0.2) is 26.2 Å². The molecule has 16 saturated carbocycles. The number of carbonyl (C=O) groups is 6. The van der Waals surface area contributed by atoms with Crippen molar-refractivity contribution < 1.29 is 66.7 Å². The zero-order valence-corrected chi connectivity index (χ0v) is 62.1. The van der Waals surface area contributed by atoms with Gasteiger partial charge in [-0.25, -0.2) is 0 Å². The molecule has 0 amide bonds. The highest BCUT2D eigenvalue weighted by atomic mass is 16.7. The molecule has 16 bridgehead atoms. The number of hydrogen-bond donors (Lipinski definition) is 0. The molecule has 596 valence electrons. The Morgan fingerprint density at radius 2 is 0.710 bits per heavy atom. The highest BCUT2D eigenvalue weighted by Gasteiger charge is 2.57. The van der Waals surface area contributed by atoms with E-state index in [9.17, 15) is 28.8 Å². The van der Waals surface area contributed by atoms with Crippen LogP contribution in [0.15, 0.2) is 0 Å². The summed E-state index contributed by atoms with van der Waals surface area (Å²) in [6.07, 6.45) is 27.1. The van der Waals surface area contributed by atoms with Crippen molar-refractivity contribution >= 4 is 35.4 Å². The van der Waals surface area contributed by atoms with E-state index in [1.165, 1.54) is 89.9 Å². The molecule has 14 unspecified atom stereocenters. The lowest BCUT2D eigenvalue weighted by Gasteiger charge is -2.56. The van der Waals surface area contributed by atoms with Crippen molar-refractivity contribution in [2.45, 2.75) is 377 Å².